The van der Waals surface area contributed by atoms with E-state index in [-0.39, 0.29) is 11.7 Å². The summed E-state index contributed by atoms with van der Waals surface area (Å²) in [5.41, 5.74) is 0.670. The first kappa shape index (κ1) is 20.9. The maximum Gasteiger partial charge on any atom is 0.269 e. The number of hydrogen-bond donors (Lipinski definition) is 1. The van der Waals surface area contributed by atoms with Crippen LogP contribution in [0.15, 0.2) is 28.8 Å². The zero-order valence-electron chi connectivity index (χ0n) is 15.9. The molecular weight excluding hydrogens is 352 g/mol. The molecule has 0 aliphatic heterocycles. The number of aliphatic hydroxyl groups excluding tert-OH is 1. The molecule has 0 amide bonds. The van der Waals surface area contributed by atoms with E-state index < -0.39 is 11.0 Å². The van der Waals surface area contributed by atoms with Crippen molar-refractivity contribution in [2.45, 2.75) is 39.3 Å². The molecule has 0 radical (unpaired) electrons. The molecule has 0 aliphatic carbocycles. The van der Waals surface area contributed by atoms with Crippen LogP contribution in [0.1, 0.15) is 26.7 Å². The van der Waals surface area contributed by atoms with Gasteiger partial charge in [0, 0.05) is 49.9 Å². The van der Waals surface area contributed by atoms with Gasteiger partial charge in [0.15, 0.2) is 0 Å². The fourth-order valence-electron chi connectivity index (χ4n) is 2.58. The number of ether oxygens (including phenoxy) is 1. The molecule has 9 heteroatoms. The topological polar surface area (TPSA) is 115 Å². The molecule has 1 heterocycles. The van der Waals surface area contributed by atoms with Gasteiger partial charge in [-0.1, -0.05) is 5.16 Å². The second-order valence-corrected chi connectivity index (χ2v) is 6.47. The van der Waals surface area contributed by atoms with Gasteiger partial charge in [0.2, 0.25) is 11.7 Å². The molecule has 0 saturated carbocycles. The highest BCUT2D eigenvalue weighted by molar-refractivity contribution is 5.56. The molecule has 148 valence electrons. The van der Waals surface area contributed by atoms with Crippen LogP contribution in [0.25, 0.3) is 11.4 Å². The van der Waals surface area contributed by atoms with Crippen LogP contribution in [0.4, 0.5) is 5.69 Å². The Morgan fingerprint density at radius 2 is 2.04 bits per heavy atom. The molecule has 1 aromatic heterocycles. The van der Waals surface area contributed by atoms with Crippen molar-refractivity contribution >= 4 is 5.69 Å². The third-order valence-corrected chi connectivity index (χ3v) is 4.11. The van der Waals surface area contributed by atoms with Gasteiger partial charge in [0.1, 0.15) is 0 Å². The highest BCUT2D eigenvalue weighted by atomic mass is 16.6. The van der Waals surface area contributed by atoms with Gasteiger partial charge in [0.05, 0.1) is 17.6 Å². The Hall–Kier alpha value is -2.36. The van der Waals surface area contributed by atoms with E-state index in [4.69, 9.17) is 9.26 Å². The van der Waals surface area contributed by atoms with Crippen molar-refractivity contribution in [3.63, 3.8) is 0 Å². The van der Waals surface area contributed by atoms with Crippen LogP contribution < -0.4 is 0 Å². The molecule has 0 saturated heterocycles. The first-order valence-electron chi connectivity index (χ1n) is 8.98. The lowest BCUT2D eigenvalue weighted by molar-refractivity contribution is -0.384. The number of nitro benzene ring substituents is 1. The number of aliphatic hydroxyl groups is 1. The van der Waals surface area contributed by atoms with Crippen molar-refractivity contribution in [1.29, 1.82) is 0 Å². The van der Waals surface area contributed by atoms with E-state index in [1.165, 1.54) is 12.1 Å². The maximum absolute atomic E-state index is 10.7. The molecule has 0 spiro atoms. The predicted octanol–water partition coefficient (Wildman–Crippen LogP) is 2.30. The lowest BCUT2D eigenvalue weighted by Gasteiger charge is -2.28. The van der Waals surface area contributed by atoms with E-state index in [0.29, 0.717) is 50.0 Å². The van der Waals surface area contributed by atoms with Gasteiger partial charge >= 0.3 is 0 Å². The Balaban J connectivity index is 1.94. The van der Waals surface area contributed by atoms with Gasteiger partial charge in [-0.3, -0.25) is 15.0 Å². The monoisotopic (exact) mass is 378 g/mol. The average molecular weight is 378 g/mol. The van der Waals surface area contributed by atoms with Crippen molar-refractivity contribution in [2.75, 3.05) is 26.3 Å². The summed E-state index contributed by atoms with van der Waals surface area (Å²) in [5.74, 6) is 0.876. The second kappa shape index (κ2) is 10.1. The van der Waals surface area contributed by atoms with Gasteiger partial charge in [-0.05, 0) is 32.9 Å². The molecule has 1 aromatic carbocycles. The van der Waals surface area contributed by atoms with Crippen LogP contribution in [-0.4, -0.2) is 63.5 Å². The van der Waals surface area contributed by atoms with Crippen LogP contribution in [0.3, 0.4) is 0 Å². The van der Waals surface area contributed by atoms with Crippen LogP contribution in [0.2, 0.25) is 0 Å². The second-order valence-electron chi connectivity index (χ2n) is 6.47. The molecule has 2 rings (SSSR count). The van der Waals surface area contributed by atoms with Crippen molar-refractivity contribution < 1.29 is 19.3 Å². The van der Waals surface area contributed by atoms with E-state index in [1.807, 2.05) is 6.92 Å². The van der Waals surface area contributed by atoms with Crippen molar-refractivity contribution in [3.05, 3.63) is 40.3 Å². The number of aromatic nitrogens is 2. The summed E-state index contributed by atoms with van der Waals surface area (Å²) in [5, 5.41) is 24.7. The fraction of sp³-hybridized carbons (Fsp3) is 0.556. The average Bonchev–Trinajstić information content (AvgIpc) is 3.12. The smallest absolute Gasteiger partial charge is 0.269 e. The first-order chi connectivity index (χ1) is 12.9. The van der Waals surface area contributed by atoms with E-state index >= 15 is 0 Å². The van der Waals surface area contributed by atoms with Gasteiger partial charge < -0.3 is 14.4 Å². The minimum absolute atomic E-state index is 0.0145. The minimum atomic E-state index is -0.550. The molecule has 2 aromatic rings. The number of benzene rings is 1. The zero-order chi connectivity index (χ0) is 19.8. The van der Waals surface area contributed by atoms with E-state index in [0.717, 1.165) is 0 Å². The Morgan fingerprint density at radius 3 is 2.63 bits per heavy atom. The fourth-order valence-corrected chi connectivity index (χ4v) is 2.58. The number of rotatable bonds is 11. The number of hydrogen-bond acceptors (Lipinski definition) is 8. The molecule has 1 atom stereocenters. The van der Waals surface area contributed by atoms with Crippen LogP contribution in [0, 0.1) is 10.1 Å². The quantitative estimate of drug-likeness (QED) is 0.468. The Kier molecular flexibility index (Phi) is 7.83. The predicted molar refractivity (Wildman–Crippen MR) is 99.3 cm³/mol. The van der Waals surface area contributed by atoms with Crippen LogP contribution in [-0.2, 0) is 11.2 Å². The molecule has 9 nitrogen and oxygen atoms in total. The van der Waals surface area contributed by atoms with Crippen molar-refractivity contribution in [1.82, 2.24) is 15.0 Å². The number of non-ortho nitro benzene ring substituents is 1. The number of nitrogens with zero attached hydrogens (tertiary/aromatic N) is 4. The first-order valence-corrected chi connectivity index (χ1v) is 8.98. The summed E-state index contributed by atoms with van der Waals surface area (Å²) in [6.07, 6.45) is -0.00909. The maximum atomic E-state index is 10.7. The molecule has 27 heavy (non-hydrogen) atoms. The molecular formula is C18H26N4O5. The van der Waals surface area contributed by atoms with Crippen molar-refractivity contribution in [2.24, 2.45) is 0 Å². The van der Waals surface area contributed by atoms with Gasteiger partial charge in [0.25, 0.3) is 5.69 Å². The summed E-state index contributed by atoms with van der Waals surface area (Å²) in [6.45, 7) is 8.05. The molecule has 0 fully saturated rings. The third-order valence-electron chi connectivity index (χ3n) is 4.11. The standard InChI is InChI=1S/C18H26N4O5/c1-4-26-12-16(23)11-21(13(2)3)10-9-17-19-18(20-27-17)14-5-7-15(8-6-14)22(24)25/h5-8,13,16,23H,4,9-12H2,1-3H3/t16-/m1/s1. The Morgan fingerprint density at radius 1 is 1.33 bits per heavy atom. The molecule has 0 aliphatic rings. The summed E-state index contributed by atoms with van der Waals surface area (Å²) in [7, 11) is 0. The van der Waals surface area contributed by atoms with Crippen molar-refractivity contribution in [3.8, 4) is 11.4 Å². The highest BCUT2D eigenvalue weighted by Crippen LogP contribution is 2.20. The Bertz CT molecular complexity index is 717. The van der Waals surface area contributed by atoms with Gasteiger partial charge in [-0.15, -0.1) is 0 Å². The van der Waals surface area contributed by atoms with E-state index in [9.17, 15) is 15.2 Å². The van der Waals surface area contributed by atoms with Crippen LogP contribution >= 0.6 is 0 Å². The van der Waals surface area contributed by atoms with E-state index in [2.05, 4.69) is 28.9 Å². The molecule has 0 unspecified atom stereocenters. The lowest BCUT2D eigenvalue weighted by atomic mass is 10.2. The summed E-state index contributed by atoms with van der Waals surface area (Å²) in [6, 6.07) is 6.25. The SMILES string of the molecule is CCOC[C@H](O)CN(CCc1nc(-c2ccc([N+](=O)[O-])cc2)no1)C(C)C. The zero-order valence-corrected chi connectivity index (χ0v) is 15.9. The largest absolute Gasteiger partial charge is 0.389 e. The summed E-state index contributed by atoms with van der Waals surface area (Å²) in [4.78, 5) is 16.7. The van der Waals surface area contributed by atoms with Gasteiger partial charge in [-0.2, -0.15) is 4.98 Å². The third kappa shape index (κ3) is 6.38. The molecule has 0 bridgehead atoms. The summed E-state index contributed by atoms with van der Waals surface area (Å²) >= 11 is 0. The van der Waals surface area contributed by atoms with Crippen LogP contribution in [0.5, 0.6) is 0 Å². The lowest BCUT2D eigenvalue weighted by Crippen LogP contribution is -2.40. The molecule has 1 N–H and O–H groups in total. The summed E-state index contributed by atoms with van der Waals surface area (Å²) < 4.78 is 10.5. The normalized spacial score (nSPS) is 12.7. The highest BCUT2D eigenvalue weighted by Gasteiger charge is 2.17. The minimum Gasteiger partial charge on any atom is -0.389 e. The Labute approximate surface area is 158 Å². The van der Waals surface area contributed by atoms with Gasteiger partial charge in [-0.25, -0.2) is 0 Å². The number of nitro groups is 1. The van der Waals surface area contributed by atoms with E-state index in [1.54, 1.807) is 12.1 Å².